The molecule has 1 saturated heterocycles. The second kappa shape index (κ2) is 4.77. The van der Waals surface area contributed by atoms with Crippen LogP contribution >= 0.6 is 0 Å². The molecule has 0 aromatic heterocycles. The molecule has 0 saturated carbocycles. The van der Waals surface area contributed by atoms with Gasteiger partial charge in [-0.3, -0.25) is 4.90 Å². The molecule has 1 N–H and O–H groups in total. The van der Waals surface area contributed by atoms with E-state index < -0.39 is 0 Å². The summed E-state index contributed by atoms with van der Waals surface area (Å²) in [5.74, 6) is 0. The van der Waals surface area contributed by atoms with Crippen LogP contribution < -0.4 is 5.32 Å². The largest absolute Gasteiger partial charge is 0.311 e. The van der Waals surface area contributed by atoms with Crippen LogP contribution in [0.25, 0.3) is 0 Å². The summed E-state index contributed by atoms with van der Waals surface area (Å²) in [6.07, 6.45) is 0. The second-order valence-corrected chi connectivity index (χ2v) is 4.44. The lowest BCUT2D eigenvalue weighted by Crippen LogP contribution is -2.54. The van der Waals surface area contributed by atoms with Crippen LogP contribution in [-0.4, -0.2) is 30.1 Å². The highest BCUT2D eigenvalue weighted by Crippen LogP contribution is 2.13. The average molecular weight is 204 g/mol. The summed E-state index contributed by atoms with van der Waals surface area (Å²) in [7, 11) is 0. The second-order valence-electron chi connectivity index (χ2n) is 4.44. The maximum absolute atomic E-state index is 3.51. The fourth-order valence-corrected chi connectivity index (χ4v) is 2.17. The molecule has 2 unspecified atom stereocenters. The van der Waals surface area contributed by atoms with Crippen molar-refractivity contribution >= 4 is 0 Å². The Morgan fingerprint density at radius 2 is 2.00 bits per heavy atom. The molecule has 1 fully saturated rings. The first-order valence-corrected chi connectivity index (χ1v) is 5.79. The van der Waals surface area contributed by atoms with Gasteiger partial charge in [-0.15, -0.1) is 0 Å². The third-order valence-electron chi connectivity index (χ3n) is 3.39. The van der Waals surface area contributed by atoms with Gasteiger partial charge in [0.1, 0.15) is 0 Å². The normalized spacial score (nSPS) is 27.9. The minimum absolute atomic E-state index is 0.600. The van der Waals surface area contributed by atoms with Crippen LogP contribution in [0.15, 0.2) is 30.3 Å². The van der Waals surface area contributed by atoms with Crippen molar-refractivity contribution in [1.29, 1.82) is 0 Å². The van der Waals surface area contributed by atoms with E-state index in [4.69, 9.17) is 0 Å². The molecule has 1 aromatic carbocycles. The van der Waals surface area contributed by atoms with Gasteiger partial charge in [0.15, 0.2) is 0 Å². The van der Waals surface area contributed by atoms with Crippen molar-refractivity contribution in [2.45, 2.75) is 32.5 Å². The minimum Gasteiger partial charge on any atom is -0.311 e. The zero-order chi connectivity index (χ0) is 10.7. The molecule has 82 valence electrons. The van der Waals surface area contributed by atoms with Gasteiger partial charge in [-0.05, 0) is 19.4 Å². The van der Waals surface area contributed by atoms with Crippen molar-refractivity contribution < 1.29 is 0 Å². The summed E-state index contributed by atoms with van der Waals surface area (Å²) in [6, 6.07) is 11.9. The lowest BCUT2D eigenvalue weighted by atomic mass is 10.1. The van der Waals surface area contributed by atoms with E-state index in [1.165, 1.54) is 5.56 Å². The number of nitrogens with one attached hydrogen (secondary N) is 1. The third kappa shape index (κ3) is 2.58. The number of piperazine rings is 1. The van der Waals surface area contributed by atoms with E-state index in [1.54, 1.807) is 0 Å². The molecule has 15 heavy (non-hydrogen) atoms. The molecule has 1 aromatic rings. The van der Waals surface area contributed by atoms with Crippen molar-refractivity contribution in [3.63, 3.8) is 0 Å². The Kier molecular flexibility index (Phi) is 3.39. The van der Waals surface area contributed by atoms with Crippen LogP contribution in [-0.2, 0) is 6.54 Å². The number of rotatable bonds is 2. The van der Waals surface area contributed by atoms with E-state index in [2.05, 4.69) is 54.4 Å². The molecule has 1 aliphatic heterocycles. The fourth-order valence-electron chi connectivity index (χ4n) is 2.17. The summed E-state index contributed by atoms with van der Waals surface area (Å²) in [5, 5.41) is 3.51. The van der Waals surface area contributed by atoms with E-state index in [1.807, 2.05) is 0 Å². The highest BCUT2D eigenvalue weighted by Gasteiger charge is 2.23. The molecule has 1 aliphatic rings. The molecule has 0 spiro atoms. The Hall–Kier alpha value is -0.860. The van der Waals surface area contributed by atoms with Crippen LogP contribution in [0, 0.1) is 0 Å². The zero-order valence-corrected chi connectivity index (χ0v) is 9.61. The van der Waals surface area contributed by atoms with Gasteiger partial charge in [-0.1, -0.05) is 30.3 Å². The monoisotopic (exact) mass is 204 g/mol. The topological polar surface area (TPSA) is 15.3 Å². The van der Waals surface area contributed by atoms with Crippen molar-refractivity contribution in [3.05, 3.63) is 35.9 Å². The van der Waals surface area contributed by atoms with Gasteiger partial charge in [0.25, 0.3) is 0 Å². The van der Waals surface area contributed by atoms with Crippen LogP contribution in [0.3, 0.4) is 0 Å². The molecule has 2 heteroatoms. The van der Waals surface area contributed by atoms with E-state index in [0.717, 1.165) is 19.6 Å². The van der Waals surface area contributed by atoms with Crippen LogP contribution in [0.5, 0.6) is 0 Å². The highest BCUT2D eigenvalue weighted by molar-refractivity contribution is 5.14. The lowest BCUT2D eigenvalue weighted by Gasteiger charge is -2.38. The van der Waals surface area contributed by atoms with E-state index in [9.17, 15) is 0 Å². The van der Waals surface area contributed by atoms with Crippen molar-refractivity contribution in [2.75, 3.05) is 13.1 Å². The average Bonchev–Trinajstić information content (AvgIpc) is 2.26. The lowest BCUT2D eigenvalue weighted by molar-refractivity contribution is 0.131. The molecule has 2 rings (SSSR count). The summed E-state index contributed by atoms with van der Waals surface area (Å²) in [6.45, 7) is 7.91. The predicted octanol–water partition coefficient (Wildman–Crippen LogP) is 1.87. The Balaban J connectivity index is 1.99. The van der Waals surface area contributed by atoms with Gasteiger partial charge in [0.05, 0.1) is 0 Å². The number of hydrogen-bond donors (Lipinski definition) is 1. The molecular weight excluding hydrogens is 184 g/mol. The molecule has 0 amide bonds. The standard InChI is InChI=1S/C13H20N2/c1-11-12(2)15(9-8-14-11)10-13-6-4-3-5-7-13/h3-7,11-12,14H,8-10H2,1-2H3. The van der Waals surface area contributed by atoms with Crippen molar-refractivity contribution in [3.8, 4) is 0 Å². The first-order chi connectivity index (χ1) is 7.27. The smallest absolute Gasteiger partial charge is 0.0237 e. The summed E-state index contributed by atoms with van der Waals surface area (Å²) < 4.78 is 0. The Morgan fingerprint density at radius 3 is 2.73 bits per heavy atom. The predicted molar refractivity (Wildman–Crippen MR) is 63.8 cm³/mol. The van der Waals surface area contributed by atoms with Gasteiger partial charge in [-0.25, -0.2) is 0 Å². The van der Waals surface area contributed by atoms with Crippen LogP contribution in [0.2, 0.25) is 0 Å². The van der Waals surface area contributed by atoms with Gasteiger partial charge in [0, 0.05) is 31.7 Å². The van der Waals surface area contributed by atoms with Crippen molar-refractivity contribution in [2.24, 2.45) is 0 Å². The third-order valence-corrected chi connectivity index (χ3v) is 3.39. The molecule has 0 bridgehead atoms. The summed E-state index contributed by atoms with van der Waals surface area (Å²) in [5.41, 5.74) is 1.42. The van der Waals surface area contributed by atoms with Crippen LogP contribution in [0.1, 0.15) is 19.4 Å². The molecular formula is C13H20N2. The SMILES string of the molecule is CC1NCCN(Cc2ccccc2)C1C. The maximum Gasteiger partial charge on any atom is 0.0237 e. The Bertz CT molecular complexity index is 297. The molecule has 0 radical (unpaired) electrons. The minimum atomic E-state index is 0.600. The van der Waals surface area contributed by atoms with Gasteiger partial charge in [-0.2, -0.15) is 0 Å². The van der Waals surface area contributed by atoms with E-state index >= 15 is 0 Å². The number of hydrogen-bond acceptors (Lipinski definition) is 2. The molecule has 1 heterocycles. The quantitative estimate of drug-likeness (QED) is 0.791. The highest BCUT2D eigenvalue weighted by atomic mass is 15.2. The molecule has 2 nitrogen and oxygen atoms in total. The van der Waals surface area contributed by atoms with E-state index in [0.29, 0.717) is 12.1 Å². The Morgan fingerprint density at radius 1 is 1.27 bits per heavy atom. The van der Waals surface area contributed by atoms with Gasteiger partial charge < -0.3 is 5.32 Å². The fraction of sp³-hybridized carbons (Fsp3) is 0.538. The number of benzene rings is 1. The Labute approximate surface area is 92.3 Å². The summed E-state index contributed by atoms with van der Waals surface area (Å²) >= 11 is 0. The first kappa shape index (κ1) is 10.7. The first-order valence-electron chi connectivity index (χ1n) is 5.79. The van der Waals surface area contributed by atoms with Crippen LogP contribution in [0.4, 0.5) is 0 Å². The number of nitrogens with zero attached hydrogens (tertiary/aromatic N) is 1. The summed E-state index contributed by atoms with van der Waals surface area (Å²) in [4.78, 5) is 2.55. The molecule has 0 aliphatic carbocycles. The zero-order valence-electron chi connectivity index (χ0n) is 9.61. The van der Waals surface area contributed by atoms with Gasteiger partial charge >= 0.3 is 0 Å². The van der Waals surface area contributed by atoms with Crippen molar-refractivity contribution in [1.82, 2.24) is 10.2 Å². The van der Waals surface area contributed by atoms with E-state index in [-0.39, 0.29) is 0 Å². The van der Waals surface area contributed by atoms with Gasteiger partial charge in [0.2, 0.25) is 0 Å². The maximum atomic E-state index is 3.51. The molecule has 2 atom stereocenters.